The van der Waals surface area contributed by atoms with Gasteiger partial charge in [0.15, 0.2) is 5.82 Å². The Morgan fingerprint density at radius 3 is 2.43 bits per heavy atom. The van der Waals surface area contributed by atoms with E-state index in [0.29, 0.717) is 25.6 Å². The summed E-state index contributed by atoms with van der Waals surface area (Å²) in [4.78, 5) is 12.3. The van der Waals surface area contributed by atoms with E-state index in [9.17, 15) is 17.6 Å². The average Bonchev–Trinajstić information content (AvgIpc) is 2.79. The Morgan fingerprint density at radius 2 is 1.83 bits per heavy atom. The van der Waals surface area contributed by atoms with E-state index in [0.717, 1.165) is 6.07 Å². The number of benzene rings is 1. The number of nitrogen functional groups attached to an aromatic ring is 1. The lowest BCUT2D eigenvalue weighted by Crippen LogP contribution is -2.19. The first kappa shape index (κ1) is 26.1. The van der Waals surface area contributed by atoms with Crippen molar-refractivity contribution in [2.45, 2.75) is 32.5 Å². The van der Waals surface area contributed by atoms with Gasteiger partial charge in [-0.3, -0.25) is 0 Å². The fourth-order valence-corrected chi connectivity index (χ4v) is 3.29. The van der Waals surface area contributed by atoms with Crippen molar-refractivity contribution >= 4 is 22.4 Å². The fourth-order valence-electron chi connectivity index (χ4n) is 3.29. The zero-order chi connectivity index (χ0) is 25.9. The van der Waals surface area contributed by atoms with Crippen LogP contribution in [-0.2, 0) is 6.18 Å². The summed E-state index contributed by atoms with van der Waals surface area (Å²) in [5.74, 6) is -3.03. The Balaban J connectivity index is 2.42. The van der Waals surface area contributed by atoms with Crippen LogP contribution in [0.4, 0.5) is 33.5 Å². The summed E-state index contributed by atoms with van der Waals surface area (Å²) in [5, 5.41) is 5.93. The summed E-state index contributed by atoms with van der Waals surface area (Å²) >= 11 is 0. The summed E-state index contributed by atoms with van der Waals surface area (Å²) in [7, 11) is 2.98. The molecule has 0 saturated carbocycles. The number of rotatable bonds is 9. The van der Waals surface area contributed by atoms with E-state index in [1.807, 2.05) is 6.92 Å². The molecule has 3 aromatic rings. The van der Waals surface area contributed by atoms with Crippen molar-refractivity contribution in [3.63, 3.8) is 0 Å². The highest BCUT2D eigenvalue weighted by atomic mass is 19.4. The van der Waals surface area contributed by atoms with Crippen LogP contribution in [0.3, 0.4) is 0 Å². The first-order chi connectivity index (χ1) is 16.5. The van der Waals surface area contributed by atoms with E-state index in [2.05, 4.69) is 25.6 Å². The third kappa shape index (κ3) is 5.45. The first-order valence-electron chi connectivity index (χ1n) is 10.7. The SMILES string of the molecule is CCC(C)Oc1nc(-c2cc(N)cc(F)c2C(F)(F)F)c(F)c2nc(OC)nc(NCCNC)c12. The van der Waals surface area contributed by atoms with Gasteiger partial charge in [-0.1, -0.05) is 6.92 Å². The van der Waals surface area contributed by atoms with Gasteiger partial charge in [0.05, 0.1) is 13.2 Å². The molecule has 0 saturated heterocycles. The maximum atomic E-state index is 15.8. The van der Waals surface area contributed by atoms with Gasteiger partial charge in [-0.2, -0.15) is 23.1 Å². The number of anilines is 2. The van der Waals surface area contributed by atoms with Crippen LogP contribution in [0.5, 0.6) is 11.9 Å². The number of nitrogens with two attached hydrogens (primary N) is 1. The molecule has 8 nitrogen and oxygen atoms in total. The number of fused-ring (bicyclic) bond motifs is 1. The van der Waals surface area contributed by atoms with Gasteiger partial charge in [0.1, 0.15) is 33.8 Å². The Bertz CT molecular complexity index is 1220. The molecule has 2 heterocycles. The highest BCUT2D eigenvalue weighted by molar-refractivity contribution is 5.96. The Labute approximate surface area is 198 Å². The molecular formula is C22H25F5N6O2. The normalized spacial score (nSPS) is 12.6. The smallest absolute Gasteiger partial charge is 0.419 e. The zero-order valence-electron chi connectivity index (χ0n) is 19.5. The number of methoxy groups -OCH3 is 1. The predicted octanol–water partition coefficient (Wildman–Crippen LogP) is 4.39. The number of nitrogens with one attached hydrogen (secondary N) is 2. The van der Waals surface area contributed by atoms with Gasteiger partial charge >= 0.3 is 12.2 Å². The monoisotopic (exact) mass is 500 g/mol. The average molecular weight is 500 g/mol. The molecule has 0 spiro atoms. The molecule has 4 N–H and O–H groups in total. The van der Waals surface area contributed by atoms with Crippen LogP contribution in [0.2, 0.25) is 0 Å². The molecule has 0 aliphatic carbocycles. The second-order valence-corrected chi connectivity index (χ2v) is 7.65. The van der Waals surface area contributed by atoms with E-state index in [-0.39, 0.29) is 28.8 Å². The van der Waals surface area contributed by atoms with Gasteiger partial charge in [-0.25, -0.2) is 13.8 Å². The molecule has 0 aliphatic rings. The van der Waals surface area contributed by atoms with Gasteiger partial charge in [-0.05, 0) is 32.5 Å². The van der Waals surface area contributed by atoms with E-state index in [1.54, 1.807) is 14.0 Å². The van der Waals surface area contributed by atoms with Crippen LogP contribution < -0.4 is 25.8 Å². The van der Waals surface area contributed by atoms with Crippen LogP contribution in [0.1, 0.15) is 25.8 Å². The largest absolute Gasteiger partial charge is 0.474 e. The van der Waals surface area contributed by atoms with Crippen LogP contribution in [0.25, 0.3) is 22.2 Å². The third-order valence-corrected chi connectivity index (χ3v) is 5.12. The van der Waals surface area contributed by atoms with Gasteiger partial charge < -0.3 is 25.8 Å². The molecule has 35 heavy (non-hydrogen) atoms. The second-order valence-electron chi connectivity index (χ2n) is 7.65. The maximum Gasteiger partial charge on any atom is 0.419 e. The summed E-state index contributed by atoms with van der Waals surface area (Å²) in [6.45, 7) is 4.39. The highest BCUT2D eigenvalue weighted by Crippen LogP contribution is 2.43. The molecule has 1 aromatic carbocycles. The van der Waals surface area contributed by atoms with Crippen LogP contribution in [0.15, 0.2) is 12.1 Å². The van der Waals surface area contributed by atoms with Gasteiger partial charge in [0.25, 0.3) is 0 Å². The first-order valence-corrected chi connectivity index (χ1v) is 10.7. The molecule has 0 aliphatic heterocycles. The topological polar surface area (TPSA) is 107 Å². The lowest BCUT2D eigenvalue weighted by atomic mass is 10.0. The summed E-state index contributed by atoms with van der Waals surface area (Å²) in [5.41, 5.74) is 1.43. The minimum absolute atomic E-state index is 0.00128. The van der Waals surface area contributed by atoms with E-state index in [4.69, 9.17) is 15.2 Å². The maximum absolute atomic E-state index is 15.8. The molecule has 0 amide bonds. The van der Waals surface area contributed by atoms with Crippen molar-refractivity contribution in [3.8, 4) is 23.1 Å². The number of hydrogen-bond donors (Lipinski definition) is 3. The van der Waals surface area contributed by atoms with Crippen molar-refractivity contribution in [1.82, 2.24) is 20.3 Å². The third-order valence-electron chi connectivity index (χ3n) is 5.12. The zero-order valence-corrected chi connectivity index (χ0v) is 19.5. The molecule has 2 aromatic heterocycles. The molecule has 190 valence electrons. The summed E-state index contributed by atoms with van der Waals surface area (Å²) in [6.07, 6.45) is -5.09. The minimum atomic E-state index is -5.16. The Hall–Kier alpha value is -3.48. The molecule has 0 bridgehead atoms. The van der Waals surface area contributed by atoms with Crippen LogP contribution in [0, 0.1) is 11.6 Å². The standard InChI is InChI=1S/C22H25F5N6O2/c1-5-10(2)35-20-14-18(32-21(34-4)33-19(14)30-7-6-29-3)16(24)17(31-20)12-8-11(28)9-13(23)15(12)22(25,26)27/h8-10,29H,5-7,28H2,1-4H3,(H,30,32,33). The van der Waals surface area contributed by atoms with Gasteiger partial charge in [-0.15, -0.1) is 0 Å². The molecule has 0 fully saturated rings. The van der Waals surface area contributed by atoms with Crippen LogP contribution >= 0.6 is 0 Å². The Kier molecular flexibility index (Phi) is 7.78. The molecule has 0 radical (unpaired) electrons. The number of hydrogen-bond acceptors (Lipinski definition) is 8. The Morgan fingerprint density at radius 1 is 1.11 bits per heavy atom. The van der Waals surface area contributed by atoms with E-state index < -0.39 is 46.3 Å². The summed E-state index contributed by atoms with van der Waals surface area (Å²) in [6, 6.07) is 1.07. The van der Waals surface area contributed by atoms with E-state index in [1.165, 1.54) is 7.11 Å². The van der Waals surface area contributed by atoms with Crippen molar-refractivity contribution in [2.24, 2.45) is 0 Å². The molecular weight excluding hydrogens is 475 g/mol. The number of ether oxygens (including phenoxy) is 2. The molecule has 3 rings (SSSR count). The number of aromatic nitrogens is 3. The van der Waals surface area contributed by atoms with Crippen molar-refractivity contribution in [2.75, 3.05) is 38.3 Å². The molecule has 1 atom stereocenters. The highest BCUT2D eigenvalue weighted by Gasteiger charge is 2.39. The number of pyridine rings is 1. The molecule has 13 heteroatoms. The van der Waals surface area contributed by atoms with Gasteiger partial charge in [0, 0.05) is 24.3 Å². The molecule has 1 unspecified atom stereocenters. The second kappa shape index (κ2) is 10.4. The van der Waals surface area contributed by atoms with Crippen molar-refractivity contribution in [1.29, 1.82) is 0 Å². The minimum Gasteiger partial charge on any atom is -0.474 e. The number of alkyl halides is 3. The summed E-state index contributed by atoms with van der Waals surface area (Å²) < 4.78 is 82.5. The number of likely N-dealkylation sites (N-methyl/N-ethyl adjacent to an activating group) is 1. The lowest BCUT2D eigenvalue weighted by molar-refractivity contribution is -0.139. The van der Waals surface area contributed by atoms with Gasteiger partial charge in [0.2, 0.25) is 5.88 Å². The predicted molar refractivity (Wildman–Crippen MR) is 121 cm³/mol. The van der Waals surface area contributed by atoms with Crippen molar-refractivity contribution in [3.05, 3.63) is 29.3 Å². The quantitative estimate of drug-likeness (QED) is 0.226. The number of nitrogens with zero attached hydrogens (tertiary/aromatic N) is 3. The lowest BCUT2D eigenvalue weighted by Gasteiger charge is -2.20. The fraction of sp³-hybridized carbons (Fsp3) is 0.409. The number of halogens is 5. The van der Waals surface area contributed by atoms with Crippen LogP contribution in [-0.4, -0.2) is 48.3 Å². The van der Waals surface area contributed by atoms with Crippen molar-refractivity contribution < 1.29 is 31.4 Å². The van der Waals surface area contributed by atoms with E-state index >= 15 is 4.39 Å².